The molecular weight excluding hydrogens is 392 g/mol. The molecular formula is C25H20N2O4. The van der Waals surface area contributed by atoms with Gasteiger partial charge in [0, 0.05) is 22.5 Å². The van der Waals surface area contributed by atoms with Crippen LogP contribution in [0.1, 0.15) is 18.1 Å². The van der Waals surface area contributed by atoms with Gasteiger partial charge in [0.1, 0.15) is 0 Å². The van der Waals surface area contributed by atoms with Gasteiger partial charge in [0.15, 0.2) is 5.66 Å². The summed E-state index contributed by atoms with van der Waals surface area (Å²) in [7, 11) is 0. The molecule has 3 aromatic carbocycles. The van der Waals surface area contributed by atoms with E-state index in [2.05, 4.69) is 5.32 Å². The summed E-state index contributed by atoms with van der Waals surface area (Å²) in [5, 5.41) is 2.91. The second-order valence-electron chi connectivity index (χ2n) is 7.52. The monoisotopic (exact) mass is 412 g/mol. The maximum Gasteiger partial charge on any atom is 0.329 e. The van der Waals surface area contributed by atoms with E-state index in [1.54, 1.807) is 19.1 Å². The number of hydrogen-bond donors (Lipinski definition) is 1. The smallest absolute Gasteiger partial charge is 0.329 e. The number of amides is 1. The first-order chi connectivity index (χ1) is 15.1. The van der Waals surface area contributed by atoms with Crippen molar-refractivity contribution in [1.29, 1.82) is 0 Å². The van der Waals surface area contributed by atoms with E-state index in [1.807, 2.05) is 77.7 Å². The molecule has 0 spiro atoms. The summed E-state index contributed by atoms with van der Waals surface area (Å²) in [6.07, 6.45) is 0. The van der Waals surface area contributed by atoms with E-state index in [1.165, 1.54) is 0 Å². The van der Waals surface area contributed by atoms with Crippen LogP contribution >= 0.6 is 0 Å². The lowest BCUT2D eigenvalue weighted by molar-refractivity contribution is -0.156. The van der Waals surface area contributed by atoms with Crippen LogP contribution in [0.5, 0.6) is 0 Å². The number of carbonyl (C=O) groups excluding carboxylic acids is 3. The van der Waals surface area contributed by atoms with E-state index in [0.29, 0.717) is 16.8 Å². The normalized spacial score (nSPS) is 23.8. The van der Waals surface area contributed by atoms with Gasteiger partial charge >= 0.3 is 5.97 Å². The zero-order chi connectivity index (χ0) is 21.6. The minimum absolute atomic E-state index is 0.0838. The number of ketones is 1. The van der Waals surface area contributed by atoms with Crippen LogP contribution in [0.3, 0.4) is 0 Å². The molecule has 154 valence electrons. The van der Waals surface area contributed by atoms with E-state index in [4.69, 9.17) is 4.74 Å². The summed E-state index contributed by atoms with van der Waals surface area (Å²) in [6, 6.07) is 25.7. The highest BCUT2D eigenvalue weighted by Gasteiger charge is 2.78. The van der Waals surface area contributed by atoms with Gasteiger partial charge in [-0.15, -0.1) is 0 Å². The summed E-state index contributed by atoms with van der Waals surface area (Å²) in [5.41, 5.74) is -0.918. The maximum absolute atomic E-state index is 13.7. The molecule has 0 radical (unpaired) electrons. The summed E-state index contributed by atoms with van der Waals surface area (Å²) in [4.78, 5) is 42.1. The molecule has 0 unspecified atom stereocenters. The van der Waals surface area contributed by atoms with Crippen LogP contribution in [0, 0.1) is 0 Å². The summed E-state index contributed by atoms with van der Waals surface area (Å²) in [6.45, 7) is 1.77. The highest BCUT2D eigenvalue weighted by Crippen LogP contribution is 2.61. The van der Waals surface area contributed by atoms with Gasteiger partial charge < -0.3 is 15.0 Å². The van der Waals surface area contributed by atoms with Gasteiger partial charge in [-0.05, 0) is 25.1 Å². The van der Waals surface area contributed by atoms with Gasteiger partial charge in [0.05, 0.1) is 6.61 Å². The zero-order valence-corrected chi connectivity index (χ0v) is 16.9. The number of anilines is 2. The quantitative estimate of drug-likeness (QED) is 0.405. The third-order valence-corrected chi connectivity index (χ3v) is 6.06. The fraction of sp³-hybridized carbons (Fsp3) is 0.160. The lowest BCUT2D eigenvalue weighted by Crippen LogP contribution is -2.62. The summed E-state index contributed by atoms with van der Waals surface area (Å²) in [5.74, 6) is -2.37. The van der Waals surface area contributed by atoms with E-state index in [-0.39, 0.29) is 6.61 Å². The van der Waals surface area contributed by atoms with Crippen LogP contribution in [-0.2, 0) is 30.2 Å². The highest BCUT2D eigenvalue weighted by molar-refractivity contribution is 6.48. The van der Waals surface area contributed by atoms with Gasteiger partial charge in [0.25, 0.3) is 5.91 Å². The Morgan fingerprint density at radius 1 is 0.903 bits per heavy atom. The molecule has 6 heteroatoms. The lowest BCUT2D eigenvalue weighted by Gasteiger charge is -2.43. The Labute approximate surface area is 179 Å². The van der Waals surface area contributed by atoms with Gasteiger partial charge in [-0.1, -0.05) is 66.7 Å². The molecule has 0 aliphatic carbocycles. The van der Waals surface area contributed by atoms with E-state index < -0.39 is 28.7 Å². The average Bonchev–Trinajstić information content (AvgIpc) is 3.20. The Morgan fingerprint density at radius 2 is 1.52 bits per heavy atom. The summed E-state index contributed by atoms with van der Waals surface area (Å²) < 4.78 is 5.46. The SMILES string of the molecule is CCOC(=O)[C@@]12C(=O)C(=O)N[C@]1(c1ccccc1)N(c1ccccc1)c1ccccc12. The molecule has 1 fully saturated rings. The molecule has 31 heavy (non-hydrogen) atoms. The Bertz CT molecular complexity index is 1190. The first kappa shape index (κ1) is 19.1. The molecule has 2 aliphatic heterocycles. The van der Waals surface area contributed by atoms with Crippen molar-refractivity contribution in [3.63, 3.8) is 0 Å². The number of rotatable bonds is 4. The molecule has 0 aromatic heterocycles. The predicted molar refractivity (Wildman–Crippen MR) is 115 cm³/mol. The molecule has 1 N–H and O–H groups in total. The molecule has 6 nitrogen and oxygen atoms in total. The molecule has 1 amide bonds. The van der Waals surface area contributed by atoms with Crippen molar-refractivity contribution < 1.29 is 19.1 Å². The predicted octanol–water partition coefficient (Wildman–Crippen LogP) is 3.19. The Hall–Kier alpha value is -3.93. The number of para-hydroxylation sites is 2. The molecule has 0 saturated carbocycles. The van der Waals surface area contributed by atoms with Crippen LogP contribution in [0.25, 0.3) is 0 Å². The van der Waals surface area contributed by atoms with Crippen LogP contribution in [0.4, 0.5) is 11.4 Å². The number of Topliss-reactive ketones (excluding diaryl/α,β-unsaturated/α-hetero) is 1. The first-order valence-corrected chi connectivity index (χ1v) is 10.1. The second kappa shape index (κ2) is 6.80. The minimum Gasteiger partial charge on any atom is -0.465 e. The standard InChI is InChI=1S/C25H20N2O4/c1-2-31-23(30)24-19-15-9-10-16-20(19)27(18-13-7-4-8-14-18)25(24,26-22(29)21(24)28)17-11-5-3-6-12-17/h3-16H,2H2,1H3,(H,26,29)/t24-,25-/m1/s1. The number of carbonyl (C=O) groups is 3. The van der Waals surface area contributed by atoms with Crippen LogP contribution in [-0.4, -0.2) is 24.3 Å². The van der Waals surface area contributed by atoms with Gasteiger partial charge in [-0.25, -0.2) is 0 Å². The van der Waals surface area contributed by atoms with Gasteiger partial charge in [-0.3, -0.25) is 14.4 Å². The number of benzene rings is 3. The Morgan fingerprint density at radius 3 is 2.19 bits per heavy atom. The largest absolute Gasteiger partial charge is 0.465 e. The Kier molecular flexibility index (Phi) is 4.18. The zero-order valence-electron chi connectivity index (χ0n) is 16.9. The molecule has 2 heterocycles. The molecule has 3 aromatic rings. The second-order valence-corrected chi connectivity index (χ2v) is 7.52. The van der Waals surface area contributed by atoms with Gasteiger partial charge in [-0.2, -0.15) is 0 Å². The summed E-state index contributed by atoms with van der Waals surface area (Å²) >= 11 is 0. The van der Waals surface area contributed by atoms with Crippen molar-refractivity contribution in [2.24, 2.45) is 0 Å². The van der Waals surface area contributed by atoms with Crippen molar-refractivity contribution in [1.82, 2.24) is 5.32 Å². The van der Waals surface area contributed by atoms with Crippen LogP contribution < -0.4 is 10.2 Å². The third kappa shape index (κ3) is 2.24. The minimum atomic E-state index is -1.88. The van der Waals surface area contributed by atoms with E-state index in [0.717, 1.165) is 5.69 Å². The fourth-order valence-electron chi connectivity index (χ4n) is 4.95. The van der Waals surface area contributed by atoms with Crippen LogP contribution in [0.15, 0.2) is 84.9 Å². The van der Waals surface area contributed by atoms with E-state index in [9.17, 15) is 14.4 Å². The van der Waals surface area contributed by atoms with Crippen molar-refractivity contribution >= 4 is 29.0 Å². The third-order valence-electron chi connectivity index (χ3n) is 6.06. The van der Waals surface area contributed by atoms with Crippen molar-refractivity contribution in [2.45, 2.75) is 18.0 Å². The Balaban J connectivity index is 1.95. The van der Waals surface area contributed by atoms with Crippen molar-refractivity contribution in [3.8, 4) is 0 Å². The molecule has 5 rings (SSSR count). The number of nitrogens with one attached hydrogen (secondary N) is 1. The molecule has 0 bridgehead atoms. The molecule has 1 saturated heterocycles. The van der Waals surface area contributed by atoms with Gasteiger partial charge in [0.2, 0.25) is 11.2 Å². The molecule has 2 atom stereocenters. The number of esters is 1. The fourth-order valence-corrected chi connectivity index (χ4v) is 4.95. The van der Waals surface area contributed by atoms with E-state index >= 15 is 0 Å². The number of nitrogens with zero attached hydrogens (tertiary/aromatic N) is 1. The van der Waals surface area contributed by atoms with Crippen molar-refractivity contribution in [2.75, 3.05) is 11.5 Å². The highest BCUT2D eigenvalue weighted by atomic mass is 16.5. The van der Waals surface area contributed by atoms with Crippen molar-refractivity contribution in [3.05, 3.63) is 96.1 Å². The number of fused-ring (bicyclic) bond motifs is 3. The number of ether oxygens (including phenoxy) is 1. The maximum atomic E-state index is 13.7. The first-order valence-electron chi connectivity index (χ1n) is 10.1. The number of hydrogen-bond acceptors (Lipinski definition) is 5. The topological polar surface area (TPSA) is 75.7 Å². The van der Waals surface area contributed by atoms with Crippen LogP contribution in [0.2, 0.25) is 0 Å². The lowest BCUT2D eigenvalue weighted by atomic mass is 9.69. The average molecular weight is 412 g/mol. The molecule has 2 aliphatic rings.